The number of ether oxygens (including phenoxy) is 1. The van der Waals surface area contributed by atoms with E-state index in [2.05, 4.69) is 5.32 Å². The summed E-state index contributed by atoms with van der Waals surface area (Å²) in [6.07, 6.45) is -0.280. The molecule has 0 amide bonds. The number of hydrogen-bond donors (Lipinski definition) is 3. The molecule has 0 unspecified atom stereocenters. The van der Waals surface area contributed by atoms with Crippen molar-refractivity contribution in [3.05, 3.63) is 27.8 Å². The van der Waals surface area contributed by atoms with Crippen molar-refractivity contribution >= 4 is 23.3 Å². The maximum atomic E-state index is 11.0. The molecular formula is C11H12N2O7. The fraction of sp³-hybridized carbons (Fsp3) is 0.273. The number of nitro benzene ring substituents is 1. The fourth-order valence-electron chi connectivity index (χ4n) is 1.57. The summed E-state index contributed by atoms with van der Waals surface area (Å²) in [5.41, 5.74) is -1.32. The molecule has 0 spiro atoms. The number of rotatable bonds is 7. The molecule has 0 aliphatic carbocycles. The first-order valence-corrected chi connectivity index (χ1v) is 5.42. The lowest BCUT2D eigenvalue weighted by Crippen LogP contribution is -2.12. The lowest BCUT2D eigenvalue weighted by atomic mass is 10.1. The second kappa shape index (κ2) is 6.36. The van der Waals surface area contributed by atoms with E-state index in [0.717, 1.165) is 6.07 Å². The van der Waals surface area contributed by atoms with Crippen LogP contribution in [0.1, 0.15) is 16.8 Å². The number of aliphatic carboxylic acids is 1. The van der Waals surface area contributed by atoms with Gasteiger partial charge >= 0.3 is 17.6 Å². The van der Waals surface area contributed by atoms with Crippen molar-refractivity contribution < 1.29 is 29.5 Å². The summed E-state index contributed by atoms with van der Waals surface area (Å²) in [6, 6.07) is 2.32. The van der Waals surface area contributed by atoms with Crippen LogP contribution >= 0.6 is 0 Å². The molecule has 3 N–H and O–H groups in total. The topological polar surface area (TPSA) is 139 Å². The number of anilines is 1. The number of carboxylic acid groups (broad SMARTS) is 2. The number of aromatic carboxylic acids is 1. The summed E-state index contributed by atoms with van der Waals surface area (Å²) in [7, 11) is 1.27. The van der Waals surface area contributed by atoms with E-state index < -0.39 is 28.1 Å². The fourth-order valence-corrected chi connectivity index (χ4v) is 1.57. The minimum absolute atomic E-state index is 0.0621. The van der Waals surface area contributed by atoms with Gasteiger partial charge in [-0.05, 0) is 12.1 Å². The molecule has 0 aromatic heterocycles. The minimum Gasteiger partial charge on any atom is -0.494 e. The standard InChI is InChI=1S/C11H12N2O7/c1-20-7-3-2-6(11(16)17)10(13(18)19)9(7)12-5-4-8(14)15/h2-3,12H,4-5H2,1H3,(H,14,15)(H,16,17). The van der Waals surface area contributed by atoms with Gasteiger partial charge in [-0.25, -0.2) is 4.79 Å². The zero-order chi connectivity index (χ0) is 15.3. The van der Waals surface area contributed by atoms with Gasteiger partial charge in [0, 0.05) is 6.54 Å². The van der Waals surface area contributed by atoms with Crippen molar-refractivity contribution in [3.63, 3.8) is 0 Å². The Hall–Kier alpha value is -2.84. The summed E-state index contributed by atoms with van der Waals surface area (Å²) in [5.74, 6) is -2.48. The molecule has 0 heterocycles. The third-order valence-electron chi connectivity index (χ3n) is 2.41. The van der Waals surface area contributed by atoms with Crippen LogP contribution in [0.2, 0.25) is 0 Å². The third-order valence-corrected chi connectivity index (χ3v) is 2.41. The second-order valence-electron chi connectivity index (χ2n) is 3.67. The van der Waals surface area contributed by atoms with Crippen molar-refractivity contribution in [1.29, 1.82) is 0 Å². The highest BCUT2D eigenvalue weighted by Crippen LogP contribution is 2.37. The minimum atomic E-state index is -1.46. The molecule has 1 aromatic carbocycles. The number of carboxylic acids is 2. The number of benzene rings is 1. The van der Waals surface area contributed by atoms with E-state index in [1.165, 1.54) is 13.2 Å². The molecule has 1 rings (SSSR count). The Balaban J connectivity index is 3.27. The van der Waals surface area contributed by atoms with Gasteiger partial charge in [0.25, 0.3) is 0 Å². The predicted octanol–water partition coefficient (Wildman–Crippen LogP) is 1.19. The normalized spacial score (nSPS) is 9.85. The van der Waals surface area contributed by atoms with Crippen LogP contribution in [0.4, 0.5) is 11.4 Å². The van der Waals surface area contributed by atoms with Crippen molar-refractivity contribution in [1.82, 2.24) is 0 Å². The Morgan fingerprint density at radius 1 is 1.40 bits per heavy atom. The maximum absolute atomic E-state index is 11.0. The van der Waals surface area contributed by atoms with Crippen LogP contribution in [-0.2, 0) is 4.79 Å². The average Bonchev–Trinajstić information content (AvgIpc) is 2.36. The monoisotopic (exact) mass is 284 g/mol. The van der Waals surface area contributed by atoms with E-state index in [1.54, 1.807) is 0 Å². The first-order chi connectivity index (χ1) is 9.38. The Morgan fingerprint density at radius 2 is 2.05 bits per heavy atom. The molecule has 20 heavy (non-hydrogen) atoms. The number of hydrogen-bond acceptors (Lipinski definition) is 6. The molecular weight excluding hydrogens is 272 g/mol. The molecule has 108 valence electrons. The van der Waals surface area contributed by atoms with Crippen molar-refractivity contribution in [2.75, 3.05) is 19.0 Å². The highest BCUT2D eigenvalue weighted by atomic mass is 16.6. The Bertz CT molecular complexity index is 556. The lowest BCUT2D eigenvalue weighted by molar-refractivity contribution is -0.384. The van der Waals surface area contributed by atoms with Gasteiger partial charge in [-0.1, -0.05) is 0 Å². The quantitative estimate of drug-likeness (QED) is 0.501. The lowest BCUT2D eigenvalue weighted by Gasteiger charge is -2.12. The first kappa shape index (κ1) is 15.2. The predicted molar refractivity (Wildman–Crippen MR) is 67.4 cm³/mol. The van der Waals surface area contributed by atoms with E-state index >= 15 is 0 Å². The summed E-state index contributed by atoms with van der Waals surface area (Å²) in [4.78, 5) is 31.6. The summed E-state index contributed by atoms with van der Waals surface area (Å²) in [5, 5.41) is 31.1. The highest BCUT2D eigenvalue weighted by Gasteiger charge is 2.27. The van der Waals surface area contributed by atoms with Crippen molar-refractivity contribution in [2.24, 2.45) is 0 Å². The van der Waals surface area contributed by atoms with E-state index in [0.29, 0.717) is 0 Å². The Morgan fingerprint density at radius 3 is 2.50 bits per heavy atom. The molecule has 0 aliphatic rings. The van der Waals surface area contributed by atoms with Crippen LogP contribution in [0, 0.1) is 10.1 Å². The zero-order valence-electron chi connectivity index (χ0n) is 10.5. The zero-order valence-corrected chi connectivity index (χ0v) is 10.5. The van der Waals surface area contributed by atoms with Gasteiger partial charge < -0.3 is 20.3 Å². The van der Waals surface area contributed by atoms with Gasteiger partial charge in [0.15, 0.2) is 5.69 Å². The number of carbonyl (C=O) groups is 2. The summed E-state index contributed by atoms with van der Waals surface area (Å²) < 4.78 is 4.92. The first-order valence-electron chi connectivity index (χ1n) is 5.42. The van der Waals surface area contributed by atoms with Crippen LogP contribution in [-0.4, -0.2) is 40.7 Å². The third kappa shape index (κ3) is 3.34. The smallest absolute Gasteiger partial charge is 0.342 e. The van der Waals surface area contributed by atoms with Crippen LogP contribution in [0.3, 0.4) is 0 Å². The highest BCUT2D eigenvalue weighted by molar-refractivity contribution is 5.96. The number of nitrogens with one attached hydrogen (secondary N) is 1. The molecule has 0 atom stereocenters. The molecule has 9 nitrogen and oxygen atoms in total. The Kier molecular flexibility index (Phi) is 4.84. The van der Waals surface area contributed by atoms with Gasteiger partial charge in [-0.3, -0.25) is 14.9 Å². The Labute approximate surface area is 112 Å². The average molecular weight is 284 g/mol. The largest absolute Gasteiger partial charge is 0.494 e. The van der Waals surface area contributed by atoms with Gasteiger partial charge in [-0.15, -0.1) is 0 Å². The van der Waals surface area contributed by atoms with E-state index in [-0.39, 0.29) is 24.4 Å². The second-order valence-corrected chi connectivity index (χ2v) is 3.67. The SMILES string of the molecule is COc1ccc(C(=O)O)c([N+](=O)[O-])c1NCCC(=O)O. The summed E-state index contributed by atoms with van der Waals surface area (Å²) >= 11 is 0. The van der Waals surface area contributed by atoms with E-state index in [9.17, 15) is 19.7 Å². The number of methoxy groups -OCH3 is 1. The van der Waals surface area contributed by atoms with Gasteiger partial charge in [-0.2, -0.15) is 0 Å². The van der Waals surface area contributed by atoms with Crippen molar-refractivity contribution in [3.8, 4) is 5.75 Å². The van der Waals surface area contributed by atoms with Crippen molar-refractivity contribution in [2.45, 2.75) is 6.42 Å². The molecule has 0 bridgehead atoms. The van der Waals surface area contributed by atoms with Gasteiger partial charge in [0.2, 0.25) is 0 Å². The van der Waals surface area contributed by atoms with E-state index in [1.807, 2.05) is 0 Å². The van der Waals surface area contributed by atoms with Crippen LogP contribution in [0.25, 0.3) is 0 Å². The summed E-state index contributed by atoms with van der Waals surface area (Å²) in [6.45, 7) is -0.102. The number of nitrogens with zero attached hydrogens (tertiary/aromatic N) is 1. The molecule has 0 aliphatic heterocycles. The molecule has 1 aromatic rings. The maximum Gasteiger partial charge on any atom is 0.342 e. The van der Waals surface area contributed by atoms with Gasteiger partial charge in [0.1, 0.15) is 11.3 Å². The molecule has 9 heteroatoms. The molecule has 0 saturated heterocycles. The van der Waals surface area contributed by atoms with Gasteiger partial charge in [0.05, 0.1) is 18.5 Å². The molecule has 0 radical (unpaired) electrons. The molecule has 0 fully saturated rings. The van der Waals surface area contributed by atoms with Crippen LogP contribution in [0.15, 0.2) is 12.1 Å². The van der Waals surface area contributed by atoms with E-state index in [4.69, 9.17) is 14.9 Å². The number of nitro groups is 1. The van der Waals surface area contributed by atoms with Crippen LogP contribution < -0.4 is 10.1 Å². The molecule has 0 saturated carbocycles. The van der Waals surface area contributed by atoms with Crippen LogP contribution in [0.5, 0.6) is 5.75 Å².